The summed E-state index contributed by atoms with van der Waals surface area (Å²) >= 11 is 0. The highest BCUT2D eigenvalue weighted by atomic mass is 14.6. The summed E-state index contributed by atoms with van der Waals surface area (Å²) in [6, 6.07) is 0. The average molecular weight is 125 g/mol. The predicted molar refractivity (Wildman–Crippen MR) is 39.9 cm³/mol. The molecule has 1 rings (SSSR count). The van der Waals surface area contributed by atoms with Gasteiger partial charge in [-0.2, -0.15) is 0 Å². The minimum absolute atomic E-state index is 0.503. The summed E-state index contributed by atoms with van der Waals surface area (Å²) in [6.07, 6.45) is 5.64. The maximum absolute atomic E-state index is 5.62. The first-order valence-electron chi connectivity index (χ1n) is 3.55. The minimum atomic E-state index is 0.503. The molecule has 1 heteroatoms. The number of rotatable bonds is 0. The Morgan fingerprint density at radius 3 is 2.56 bits per heavy atom. The number of allylic oxidation sites excluding steroid dienone is 2. The molecule has 1 aliphatic carbocycles. The smallest absolute Gasteiger partial charge is 0.00403 e. The molecule has 0 aliphatic heterocycles. The van der Waals surface area contributed by atoms with Gasteiger partial charge in [-0.1, -0.05) is 19.9 Å². The molecule has 0 unspecified atom stereocenters. The molecule has 0 spiro atoms. The van der Waals surface area contributed by atoms with Crippen LogP contribution >= 0.6 is 0 Å². The average Bonchev–Trinajstić information content (AvgIpc) is 1.78. The first-order valence-corrected chi connectivity index (χ1v) is 3.55. The van der Waals surface area contributed by atoms with Gasteiger partial charge in [0.25, 0.3) is 0 Å². The van der Waals surface area contributed by atoms with E-state index in [0.29, 0.717) is 5.41 Å². The summed E-state index contributed by atoms with van der Waals surface area (Å²) in [5, 5.41) is 0. The third kappa shape index (κ3) is 1.74. The summed E-state index contributed by atoms with van der Waals surface area (Å²) in [7, 11) is 0. The van der Waals surface area contributed by atoms with Gasteiger partial charge in [-0.05, 0) is 24.7 Å². The quantitative estimate of drug-likeness (QED) is 0.526. The lowest BCUT2D eigenvalue weighted by Crippen LogP contribution is -2.17. The third-order valence-corrected chi connectivity index (χ3v) is 2.01. The largest absolute Gasteiger partial charge is 0.402 e. The molecule has 0 aromatic carbocycles. The van der Waals surface area contributed by atoms with E-state index in [1.165, 1.54) is 6.42 Å². The maximum atomic E-state index is 5.62. The molecule has 9 heavy (non-hydrogen) atoms. The van der Waals surface area contributed by atoms with Crippen LogP contribution in [0.1, 0.15) is 33.1 Å². The zero-order chi connectivity index (χ0) is 6.91. The molecule has 0 aromatic rings. The minimum Gasteiger partial charge on any atom is -0.402 e. The summed E-state index contributed by atoms with van der Waals surface area (Å²) in [5.74, 6) is 0. The second kappa shape index (κ2) is 2.05. The first-order chi connectivity index (χ1) is 4.10. The van der Waals surface area contributed by atoms with Crippen molar-refractivity contribution < 1.29 is 0 Å². The van der Waals surface area contributed by atoms with E-state index in [1.54, 1.807) is 0 Å². The lowest BCUT2D eigenvalue weighted by atomic mass is 9.80. The molecule has 0 bridgehead atoms. The van der Waals surface area contributed by atoms with Crippen molar-refractivity contribution in [2.45, 2.75) is 33.1 Å². The van der Waals surface area contributed by atoms with Gasteiger partial charge in [0.15, 0.2) is 0 Å². The van der Waals surface area contributed by atoms with E-state index in [4.69, 9.17) is 5.73 Å². The SMILES string of the molecule is CC1(C)CC=C(N)CC1. The molecule has 0 amide bonds. The Hall–Kier alpha value is -0.460. The van der Waals surface area contributed by atoms with Gasteiger partial charge < -0.3 is 5.73 Å². The van der Waals surface area contributed by atoms with Crippen LogP contribution in [0.4, 0.5) is 0 Å². The number of nitrogens with two attached hydrogens (primary N) is 1. The van der Waals surface area contributed by atoms with Crippen LogP contribution < -0.4 is 5.73 Å². The highest BCUT2D eigenvalue weighted by molar-refractivity contribution is 5.03. The highest BCUT2D eigenvalue weighted by Crippen LogP contribution is 2.32. The summed E-state index contributed by atoms with van der Waals surface area (Å²) in [6.45, 7) is 4.58. The number of hydrogen-bond acceptors (Lipinski definition) is 1. The molecule has 2 N–H and O–H groups in total. The molecule has 0 radical (unpaired) electrons. The molecule has 0 fully saturated rings. The fourth-order valence-electron chi connectivity index (χ4n) is 1.09. The van der Waals surface area contributed by atoms with Crippen molar-refractivity contribution in [3.8, 4) is 0 Å². The monoisotopic (exact) mass is 125 g/mol. The molecular weight excluding hydrogens is 110 g/mol. The van der Waals surface area contributed by atoms with Crippen LogP contribution in [0.2, 0.25) is 0 Å². The summed E-state index contributed by atoms with van der Waals surface area (Å²) in [5.41, 5.74) is 7.20. The van der Waals surface area contributed by atoms with Gasteiger partial charge in [-0.15, -0.1) is 0 Å². The van der Waals surface area contributed by atoms with E-state index < -0.39 is 0 Å². The highest BCUT2D eigenvalue weighted by Gasteiger charge is 2.19. The Labute approximate surface area is 56.9 Å². The molecule has 1 nitrogen and oxygen atoms in total. The van der Waals surface area contributed by atoms with Gasteiger partial charge in [-0.3, -0.25) is 0 Å². The van der Waals surface area contributed by atoms with Crippen molar-refractivity contribution in [1.29, 1.82) is 0 Å². The summed E-state index contributed by atoms with van der Waals surface area (Å²) < 4.78 is 0. The summed E-state index contributed by atoms with van der Waals surface area (Å²) in [4.78, 5) is 0. The van der Waals surface area contributed by atoms with E-state index in [9.17, 15) is 0 Å². The second-order valence-electron chi connectivity index (χ2n) is 3.65. The first kappa shape index (κ1) is 6.66. The van der Waals surface area contributed by atoms with Crippen LogP contribution in [0.5, 0.6) is 0 Å². The topological polar surface area (TPSA) is 26.0 Å². The molecule has 0 saturated heterocycles. The lowest BCUT2D eigenvalue weighted by molar-refractivity contribution is 0.324. The fourth-order valence-corrected chi connectivity index (χ4v) is 1.09. The van der Waals surface area contributed by atoms with E-state index in [2.05, 4.69) is 19.9 Å². The van der Waals surface area contributed by atoms with Crippen LogP contribution in [-0.2, 0) is 0 Å². The Balaban J connectivity index is 2.56. The maximum Gasteiger partial charge on any atom is 0.00403 e. The second-order valence-corrected chi connectivity index (χ2v) is 3.65. The van der Waals surface area contributed by atoms with E-state index in [-0.39, 0.29) is 0 Å². The van der Waals surface area contributed by atoms with Gasteiger partial charge in [0, 0.05) is 5.70 Å². The third-order valence-electron chi connectivity index (χ3n) is 2.01. The molecule has 52 valence electrons. The van der Waals surface area contributed by atoms with Crippen molar-refractivity contribution in [3.63, 3.8) is 0 Å². The molecule has 1 aliphatic rings. The zero-order valence-corrected chi connectivity index (χ0v) is 6.28. The zero-order valence-electron chi connectivity index (χ0n) is 6.28. The van der Waals surface area contributed by atoms with Gasteiger partial charge in [0.05, 0.1) is 0 Å². The van der Waals surface area contributed by atoms with E-state index in [1.807, 2.05) is 0 Å². The standard InChI is InChI=1S/C8H15N/c1-8(2)5-3-7(9)4-6-8/h3H,4-6,9H2,1-2H3. The van der Waals surface area contributed by atoms with Crippen molar-refractivity contribution in [3.05, 3.63) is 11.8 Å². The predicted octanol–water partition coefficient (Wildman–Crippen LogP) is 2.04. The fraction of sp³-hybridized carbons (Fsp3) is 0.750. The Bertz CT molecular complexity index is 134. The van der Waals surface area contributed by atoms with Gasteiger partial charge in [0.1, 0.15) is 0 Å². The molecule has 0 saturated carbocycles. The van der Waals surface area contributed by atoms with Crippen molar-refractivity contribution in [2.24, 2.45) is 11.1 Å². The Morgan fingerprint density at radius 1 is 1.56 bits per heavy atom. The van der Waals surface area contributed by atoms with Crippen LogP contribution in [0.15, 0.2) is 11.8 Å². The van der Waals surface area contributed by atoms with Gasteiger partial charge in [0.2, 0.25) is 0 Å². The van der Waals surface area contributed by atoms with Gasteiger partial charge >= 0.3 is 0 Å². The Morgan fingerprint density at radius 2 is 2.22 bits per heavy atom. The van der Waals surface area contributed by atoms with Crippen LogP contribution in [0.3, 0.4) is 0 Å². The van der Waals surface area contributed by atoms with Crippen molar-refractivity contribution in [2.75, 3.05) is 0 Å². The van der Waals surface area contributed by atoms with Crippen LogP contribution in [0, 0.1) is 5.41 Å². The molecule has 0 atom stereocenters. The molecule has 0 aromatic heterocycles. The van der Waals surface area contributed by atoms with E-state index >= 15 is 0 Å². The Kier molecular flexibility index (Phi) is 1.52. The normalized spacial score (nSPS) is 25.3. The van der Waals surface area contributed by atoms with Crippen molar-refractivity contribution in [1.82, 2.24) is 0 Å². The number of hydrogen-bond donors (Lipinski definition) is 1. The van der Waals surface area contributed by atoms with E-state index in [0.717, 1.165) is 18.5 Å². The van der Waals surface area contributed by atoms with Crippen molar-refractivity contribution >= 4 is 0 Å². The lowest BCUT2D eigenvalue weighted by Gasteiger charge is -2.26. The van der Waals surface area contributed by atoms with Gasteiger partial charge in [-0.25, -0.2) is 0 Å². The van der Waals surface area contributed by atoms with Crippen LogP contribution in [-0.4, -0.2) is 0 Å². The molecular formula is C8H15N. The van der Waals surface area contributed by atoms with Crippen LogP contribution in [0.25, 0.3) is 0 Å². The molecule has 0 heterocycles.